The van der Waals surface area contributed by atoms with Crippen LogP contribution in [0.5, 0.6) is 0 Å². The van der Waals surface area contributed by atoms with E-state index in [1.165, 1.54) is 38.8 Å². The van der Waals surface area contributed by atoms with Crippen molar-refractivity contribution in [3.63, 3.8) is 0 Å². The number of aliphatic hydroxyl groups is 1. The molecule has 0 aromatic rings. The quantitative estimate of drug-likeness (QED) is 0.689. The topological polar surface area (TPSA) is 35.5 Å². The van der Waals surface area contributed by atoms with Gasteiger partial charge in [0.2, 0.25) is 0 Å². The number of nitrogens with zero attached hydrogens (tertiary/aromatic N) is 1. The molecule has 1 aliphatic heterocycles. The maximum absolute atomic E-state index is 9.45. The van der Waals surface area contributed by atoms with Crippen molar-refractivity contribution in [1.82, 2.24) is 10.2 Å². The smallest absolute Gasteiger partial charge is 0.0611 e. The van der Waals surface area contributed by atoms with Gasteiger partial charge in [-0.05, 0) is 58.7 Å². The lowest BCUT2D eigenvalue weighted by Gasteiger charge is -2.31. The molecule has 1 saturated heterocycles. The number of hydrogen-bond acceptors (Lipinski definition) is 3. The van der Waals surface area contributed by atoms with Crippen molar-refractivity contribution in [3.05, 3.63) is 0 Å². The van der Waals surface area contributed by atoms with Crippen molar-refractivity contribution >= 4 is 0 Å². The van der Waals surface area contributed by atoms with Gasteiger partial charge in [0, 0.05) is 11.6 Å². The van der Waals surface area contributed by atoms with Crippen LogP contribution in [0, 0.1) is 0 Å². The zero-order valence-electron chi connectivity index (χ0n) is 9.84. The predicted octanol–water partition coefficient (Wildman–Crippen LogP) is 0.975. The summed E-state index contributed by atoms with van der Waals surface area (Å²) in [5.74, 6) is 0. The molecule has 2 rings (SSSR count). The molecule has 1 saturated carbocycles. The molecule has 1 heterocycles. The molecule has 1 unspecified atom stereocenters. The van der Waals surface area contributed by atoms with Gasteiger partial charge in [-0.25, -0.2) is 0 Å². The molecule has 1 aliphatic carbocycles. The monoisotopic (exact) mass is 212 g/mol. The lowest BCUT2D eigenvalue weighted by atomic mass is 9.98. The standard InChI is InChI=1S/C12H24N2O/c1-12(10-15,13-11-4-5-11)6-9-14-7-2-3-8-14/h11,13,15H,2-10H2,1H3. The van der Waals surface area contributed by atoms with Crippen molar-refractivity contribution in [1.29, 1.82) is 0 Å². The fourth-order valence-electron chi connectivity index (χ4n) is 2.33. The number of nitrogens with one attached hydrogen (secondary N) is 1. The normalized spacial score (nSPS) is 26.8. The first-order valence-electron chi connectivity index (χ1n) is 6.33. The SMILES string of the molecule is CC(CO)(CCN1CCCC1)NC1CC1. The van der Waals surface area contributed by atoms with Gasteiger partial charge in [-0.3, -0.25) is 0 Å². The van der Waals surface area contributed by atoms with E-state index in [4.69, 9.17) is 0 Å². The van der Waals surface area contributed by atoms with Crippen molar-refractivity contribution in [2.75, 3.05) is 26.2 Å². The Hall–Kier alpha value is -0.120. The van der Waals surface area contributed by atoms with Crippen LogP contribution < -0.4 is 5.32 Å². The summed E-state index contributed by atoms with van der Waals surface area (Å²) in [4.78, 5) is 2.52. The van der Waals surface area contributed by atoms with Crippen LogP contribution in [0.15, 0.2) is 0 Å². The fourth-order valence-corrected chi connectivity index (χ4v) is 2.33. The Morgan fingerprint density at radius 1 is 1.33 bits per heavy atom. The third kappa shape index (κ3) is 3.44. The van der Waals surface area contributed by atoms with Crippen LogP contribution in [0.3, 0.4) is 0 Å². The summed E-state index contributed by atoms with van der Waals surface area (Å²) < 4.78 is 0. The van der Waals surface area contributed by atoms with E-state index in [2.05, 4.69) is 17.1 Å². The van der Waals surface area contributed by atoms with E-state index in [0.29, 0.717) is 6.04 Å². The number of likely N-dealkylation sites (tertiary alicyclic amines) is 1. The van der Waals surface area contributed by atoms with E-state index in [-0.39, 0.29) is 12.1 Å². The molecule has 15 heavy (non-hydrogen) atoms. The van der Waals surface area contributed by atoms with Gasteiger partial charge in [-0.2, -0.15) is 0 Å². The van der Waals surface area contributed by atoms with Crippen molar-refractivity contribution in [3.8, 4) is 0 Å². The molecule has 0 radical (unpaired) electrons. The third-order valence-corrected chi connectivity index (χ3v) is 3.66. The summed E-state index contributed by atoms with van der Waals surface area (Å²) in [5, 5.41) is 13.0. The molecule has 0 bridgehead atoms. The van der Waals surface area contributed by atoms with E-state index in [9.17, 15) is 5.11 Å². The second kappa shape index (κ2) is 4.81. The second-order valence-electron chi connectivity index (χ2n) is 5.44. The van der Waals surface area contributed by atoms with E-state index >= 15 is 0 Å². The number of rotatable bonds is 6. The highest BCUT2D eigenvalue weighted by atomic mass is 16.3. The molecular weight excluding hydrogens is 188 g/mol. The van der Waals surface area contributed by atoms with Gasteiger partial charge in [0.25, 0.3) is 0 Å². The second-order valence-corrected chi connectivity index (χ2v) is 5.44. The number of hydrogen-bond donors (Lipinski definition) is 2. The average molecular weight is 212 g/mol. The highest BCUT2D eigenvalue weighted by Gasteiger charge is 2.32. The Labute approximate surface area is 92.8 Å². The molecule has 1 atom stereocenters. The molecule has 3 heteroatoms. The van der Waals surface area contributed by atoms with Crippen molar-refractivity contribution in [2.24, 2.45) is 0 Å². The van der Waals surface area contributed by atoms with E-state index in [1.807, 2.05) is 0 Å². The average Bonchev–Trinajstić information content (AvgIpc) is 2.88. The Balaban J connectivity index is 1.72. The maximum atomic E-state index is 9.45. The first kappa shape index (κ1) is 11.4. The molecule has 0 amide bonds. The molecule has 88 valence electrons. The first-order chi connectivity index (χ1) is 7.22. The summed E-state index contributed by atoms with van der Waals surface area (Å²) in [6.07, 6.45) is 6.36. The minimum atomic E-state index is -0.0518. The lowest BCUT2D eigenvalue weighted by Crippen LogP contribution is -2.48. The summed E-state index contributed by atoms with van der Waals surface area (Å²) in [6, 6.07) is 0.681. The Morgan fingerprint density at radius 2 is 2.00 bits per heavy atom. The fraction of sp³-hybridized carbons (Fsp3) is 1.00. The Bertz CT molecular complexity index is 200. The minimum Gasteiger partial charge on any atom is -0.394 e. The third-order valence-electron chi connectivity index (χ3n) is 3.66. The molecule has 0 spiro atoms. The zero-order chi connectivity index (χ0) is 10.7. The molecule has 2 aliphatic rings. The van der Waals surface area contributed by atoms with Gasteiger partial charge < -0.3 is 15.3 Å². The summed E-state index contributed by atoms with van der Waals surface area (Å²) in [5.41, 5.74) is -0.0518. The maximum Gasteiger partial charge on any atom is 0.0611 e. The molecule has 0 aromatic heterocycles. The van der Waals surface area contributed by atoms with Gasteiger partial charge >= 0.3 is 0 Å². The Kier molecular flexibility index (Phi) is 3.65. The summed E-state index contributed by atoms with van der Waals surface area (Å²) >= 11 is 0. The van der Waals surface area contributed by atoms with Crippen molar-refractivity contribution in [2.45, 2.75) is 50.6 Å². The molecular formula is C12H24N2O. The largest absolute Gasteiger partial charge is 0.394 e. The van der Waals surface area contributed by atoms with E-state index in [1.54, 1.807) is 0 Å². The van der Waals surface area contributed by atoms with E-state index < -0.39 is 0 Å². The van der Waals surface area contributed by atoms with Crippen LogP contribution in [0.25, 0.3) is 0 Å². The van der Waals surface area contributed by atoms with Gasteiger partial charge in [0.15, 0.2) is 0 Å². The zero-order valence-corrected chi connectivity index (χ0v) is 9.84. The summed E-state index contributed by atoms with van der Waals surface area (Å²) in [7, 11) is 0. The van der Waals surface area contributed by atoms with Gasteiger partial charge in [0.05, 0.1) is 6.61 Å². The highest BCUT2D eigenvalue weighted by molar-refractivity contribution is 4.92. The minimum absolute atomic E-state index is 0.0518. The van der Waals surface area contributed by atoms with Crippen molar-refractivity contribution < 1.29 is 5.11 Å². The molecule has 2 N–H and O–H groups in total. The molecule has 0 aromatic carbocycles. The number of aliphatic hydroxyl groups excluding tert-OH is 1. The highest BCUT2D eigenvalue weighted by Crippen LogP contribution is 2.24. The van der Waals surface area contributed by atoms with E-state index in [0.717, 1.165) is 13.0 Å². The lowest BCUT2D eigenvalue weighted by molar-refractivity contribution is 0.149. The Morgan fingerprint density at radius 3 is 2.53 bits per heavy atom. The molecule has 2 fully saturated rings. The summed E-state index contributed by atoms with van der Waals surface area (Å²) in [6.45, 7) is 6.06. The van der Waals surface area contributed by atoms with Crippen LogP contribution >= 0.6 is 0 Å². The van der Waals surface area contributed by atoms with Crippen LogP contribution in [0.2, 0.25) is 0 Å². The van der Waals surface area contributed by atoms with Crippen LogP contribution in [-0.2, 0) is 0 Å². The van der Waals surface area contributed by atoms with Gasteiger partial charge in [0.1, 0.15) is 0 Å². The molecule has 3 nitrogen and oxygen atoms in total. The van der Waals surface area contributed by atoms with Gasteiger partial charge in [-0.1, -0.05) is 0 Å². The predicted molar refractivity (Wildman–Crippen MR) is 61.9 cm³/mol. The van der Waals surface area contributed by atoms with Crippen LogP contribution in [-0.4, -0.2) is 47.8 Å². The van der Waals surface area contributed by atoms with Crippen LogP contribution in [0.1, 0.15) is 39.0 Å². The first-order valence-corrected chi connectivity index (χ1v) is 6.33. The van der Waals surface area contributed by atoms with Gasteiger partial charge in [-0.15, -0.1) is 0 Å². The van der Waals surface area contributed by atoms with Crippen LogP contribution in [0.4, 0.5) is 0 Å².